The van der Waals surface area contributed by atoms with Gasteiger partial charge in [-0.05, 0) is 12.1 Å². The number of benzene rings is 1. The molecule has 0 aliphatic heterocycles. The monoisotopic (exact) mass is 231 g/mol. The molecule has 0 amide bonds. The van der Waals surface area contributed by atoms with Crippen LogP contribution in [0, 0.1) is 11.3 Å². The topological polar surface area (TPSA) is 41.6 Å². The highest BCUT2D eigenvalue weighted by atomic mass is 35.5. The Morgan fingerprint density at radius 2 is 2.06 bits per heavy atom. The van der Waals surface area contributed by atoms with E-state index in [9.17, 15) is 0 Å². The van der Waals surface area contributed by atoms with Crippen LogP contribution in [0.5, 0.6) is 0 Å². The highest BCUT2D eigenvalue weighted by Crippen LogP contribution is 2.23. The predicted octanol–water partition coefficient (Wildman–Crippen LogP) is 2.70. The largest absolute Gasteiger partial charge is 0.275 e. The Morgan fingerprint density at radius 1 is 1.38 bits per heavy atom. The Balaban J connectivity index is 2.46. The van der Waals surface area contributed by atoms with Gasteiger partial charge in [0.15, 0.2) is 0 Å². The molecule has 0 fully saturated rings. The zero-order valence-electron chi connectivity index (χ0n) is 8.81. The molecule has 0 saturated heterocycles. The van der Waals surface area contributed by atoms with Crippen LogP contribution < -0.4 is 0 Å². The lowest BCUT2D eigenvalue weighted by Crippen LogP contribution is -1.88. The molecule has 0 saturated carbocycles. The van der Waals surface area contributed by atoms with E-state index in [1.54, 1.807) is 16.8 Å². The van der Waals surface area contributed by atoms with Crippen molar-refractivity contribution in [2.45, 2.75) is 5.88 Å². The van der Waals surface area contributed by atoms with Crippen molar-refractivity contribution in [1.29, 1.82) is 5.26 Å². The van der Waals surface area contributed by atoms with Gasteiger partial charge in [-0.15, -0.1) is 11.6 Å². The van der Waals surface area contributed by atoms with Crippen molar-refractivity contribution in [3.8, 4) is 17.3 Å². The molecule has 0 bridgehead atoms. The van der Waals surface area contributed by atoms with Gasteiger partial charge in [-0.25, -0.2) is 0 Å². The molecule has 0 spiro atoms. The minimum atomic E-state index is 0.434. The SMILES string of the molecule is Cn1cc(CCl)c(-c2ccc(C#N)cc2)n1. The van der Waals surface area contributed by atoms with Crippen LogP contribution in [-0.4, -0.2) is 9.78 Å². The van der Waals surface area contributed by atoms with Gasteiger partial charge in [-0.2, -0.15) is 10.4 Å². The van der Waals surface area contributed by atoms with Crippen LogP contribution in [0.4, 0.5) is 0 Å². The molecule has 3 nitrogen and oxygen atoms in total. The van der Waals surface area contributed by atoms with E-state index in [0.29, 0.717) is 11.4 Å². The number of nitriles is 1. The molecule has 1 heterocycles. The van der Waals surface area contributed by atoms with E-state index in [4.69, 9.17) is 16.9 Å². The third-order valence-electron chi connectivity index (χ3n) is 2.34. The quantitative estimate of drug-likeness (QED) is 0.746. The fourth-order valence-electron chi connectivity index (χ4n) is 1.58. The molecule has 0 aliphatic carbocycles. The van der Waals surface area contributed by atoms with E-state index in [0.717, 1.165) is 16.8 Å². The third-order valence-corrected chi connectivity index (χ3v) is 2.62. The van der Waals surface area contributed by atoms with Crippen molar-refractivity contribution >= 4 is 11.6 Å². The number of aryl methyl sites for hydroxylation is 1. The summed E-state index contributed by atoms with van der Waals surface area (Å²) < 4.78 is 1.74. The minimum absolute atomic E-state index is 0.434. The summed E-state index contributed by atoms with van der Waals surface area (Å²) in [6.45, 7) is 0. The van der Waals surface area contributed by atoms with Crippen LogP contribution >= 0.6 is 11.6 Å². The average Bonchev–Trinajstić information content (AvgIpc) is 2.70. The number of nitrogens with zero attached hydrogens (tertiary/aromatic N) is 3. The standard InChI is InChI=1S/C12H10ClN3/c1-16-8-11(6-13)12(15-16)10-4-2-9(7-14)3-5-10/h2-5,8H,6H2,1H3. The van der Waals surface area contributed by atoms with Crippen molar-refractivity contribution in [1.82, 2.24) is 9.78 Å². The molecule has 1 aromatic heterocycles. The molecular weight excluding hydrogens is 222 g/mol. The second-order valence-corrected chi connectivity index (χ2v) is 3.77. The zero-order valence-corrected chi connectivity index (χ0v) is 9.57. The van der Waals surface area contributed by atoms with Crippen LogP contribution in [0.1, 0.15) is 11.1 Å². The Hall–Kier alpha value is -1.79. The van der Waals surface area contributed by atoms with Crippen LogP contribution in [0.25, 0.3) is 11.3 Å². The van der Waals surface area contributed by atoms with E-state index >= 15 is 0 Å². The summed E-state index contributed by atoms with van der Waals surface area (Å²) in [5.41, 5.74) is 3.50. The molecule has 0 aliphatic rings. The fourth-order valence-corrected chi connectivity index (χ4v) is 1.78. The maximum absolute atomic E-state index is 8.71. The maximum Gasteiger partial charge on any atom is 0.0991 e. The van der Waals surface area contributed by atoms with Crippen LogP contribution in [0.15, 0.2) is 30.5 Å². The predicted molar refractivity (Wildman–Crippen MR) is 62.9 cm³/mol. The van der Waals surface area contributed by atoms with Gasteiger partial charge in [-0.3, -0.25) is 4.68 Å². The van der Waals surface area contributed by atoms with E-state index in [1.807, 2.05) is 25.4 Å². The highest BCUT2D eigenvalue weighted by molar-refractivity contribution is 6.17. The summed E-state index contributed by atoms with van der Waals surface area (Å²) in [6, 6.07) is 9.42. The number of rotatable bonds is 2. The van der Waals surface area contributed by atoms with E-state index in [-0.39, 0.29) is 0 Å². The first kappa shape index (κ1) is 10.7. The van der Waals surface area contributed by atoms with Crippen molar-refractivity contribution in [2.24, 2.45) is 7.05 Å². The summed E-state index contributed by atoms with van der Waals surface area (Å²) >= 11 is 5.85. The fraction of sp³-hybridized carbons (Fsp3) is 0.167. The van der Waals surface area contributed by atoms with E-state index < -0.39 is 0 Å². The Labute approximate surface area is 98.9 Å². The van der Waals surface area contributed by atoms with Gasteiger partial charge >= 0.3 is 0 Å². The van der Waals surface area contributed by atoms with Crippen LogP contribution in [-0.2, 0) is 12.9 Å². The zero-order chi connectivity index (χ0) is 11.5. The first-order valence-corrected chi connectivity index (χ1v) is 5.37. The number of hydrogen-bond acceptors (Lipinski definition) is 2. The van der Waals surface area contributed by atoms with Gasteiger partial charge in [0.05, 0.1) is 23.2 Å². The summed E-state index contributed by atoms with van der Waals surface area (Å²) in [4.78, 5) is 0. The molecule has 0 N–H and O–H groups in total. The summed E-state index contributed by atoms with van der Waals surface area (Å²) in [7, 11) is 1.86. The van der Waals surface area contributed by atoms with E-state index in [2.05, 4.69) is 11.2 Å². The smallest absolute Gasteiger partial charge is 0.0991 e. The summed E-state index contributed by atoms with van der Waals surface area (Å²) in [5, 5.41) is 13.1. The van der Waals surface area contributed by atoms with Gasteiger partial charge in [0.25, 0.3) is 0 Å². The number of alkyl halides is 1. The summed E-state index contributed by atoms with van der Waals surface area (Å²) in [5.74, 6) is 0.434. The number of halogens is 1. The first-order valence-electron chi connectivity index (χ1n) is 4.83. The van der Waals surface area contributed by atoms with Gasteiger partial charge < -0.3 is 0 Å². The highest BCUT2D eigenvalue weighted by Gasteiger charge is 2.08. The first-order chi connectivity index (χ1) is 7.74. The Bertz CT molecular complexity index is 534. The third kappa shape index (κ3) is 1.93. The molecule has 0 unspecified atom stereocenters. The maximum atomic E-state index is 8.71. The van der Waals surface area contributed by atoms with Crippen molar-refractivity contribution in [3.05, 3.63) is 41.6 Å². The van der Waals surface area contributed by atoms with Crippen LogP contribution in [0.2, 0.25) is 0 Å². The van der Waals surface area contributed by atoms with Gasteiger partial charge in [0.2, 0.25) is 0 Å². The molecule has 80 valence electrons. The second-order valence-electron chi connectivity index (χ2n) is 3.50. The molecule has 2 rings (SSSR count). The number of aromatic nitrogens is 2. The minimum Gasteiger partial charge on any atom is -0.275 e. The van der Waals surface area contributed by atoms with Crippen molar-refractivity contribution in [2.75, 3.05) is 0 Å². The van der Waals surface area contributed by atoms with Gasteiger partial charge in [0, 0.05) is 24.4 Å². The average molecular weight is 232 g/mol. The second kappa shape index (κ2) is 4.38. The normalized spacial score (nSPS) is 10.1. The molecule has 0 radical (unpaired) electrons. The molecule has 0 atom stereocenters. The molecular formula is C12H10ClN3. The Morgan fingerprint density at radius 3 is 2.62 bits per heavy atom. The van der Waals surface area contributed by atoms with Gasteiger partial charge in [0.1, 0.15) is 0 Å². The molecule has 1 aromatic carbocycles. The lowest BCUT2D eigenvalue weighted by atomic mass is 10.1. The lowest BCUT2D eigenvalue weighted by Gasteiger charge is -1.99. The van der Waals surface area contributed by atoms with Crippen LogP contribution in [0.3, 0.4) is 0 Å². The Kier molecular flexibility index (Phi) is 2.93. The molecule has 2 aromatic rings. The summed E-state index contributed by atoms with van der Waals surface area (Å²) in [6.07, 6.45) is 1.90. The molecule has 16 heavy (non-hydrogen) atoms. The van der Waals surface area contributed by atoms with Crippen molar-refractivity contribution < 1.29 is 0 Å². The molecule has 4 heteroatoms. The van der Waals surface area contributed by atoms with Gasteiger partial charge in [-0.1, -0.05) is 12.1 Å². The number of hydrogen-bond donors (Lipinski definition) is 0. The van der Waals surface area contributed by atoms with E-state index in [1.165, 1.54) is 0 Å². The lowest BCUT2D eigenvalue weighted by molar-refractivity contribution is 0.770. The van der Waals surface area contributed by atoms with Crippen molar-refractivity contribution in [3.63, 3.8) is 0 Å².